The molecule has 2 heterocycles. The zero-order chi connectivity index (χ0) is 20.1. The van der Waals surface area contributed by atoms with Crippen LogP contribution in [0.4, 0.5) is 5.69 Å². The van der Waals surface area contributed by atoms with Crippen LogP contribution >= 0.6 is 0 Å². The van der Waals surface area contributed by atoms with E-state index in [0.717, 1.165) is 48.5 Å². The molecule has 0 amide bonds. The number of benzene rings is 3. The minimum Gasteiger partial charge on any atom is -0.457 e. The van der Waals surface area contributed by atoms with Gasteiger partial charge in [0.2, 0.25) is 0 Å². The van der Waals surface area contributed by atoms with Crippen LogP contribution in [0.3, 0.4) is 0 Å². The fourth-order valence-electron chi connectivity index (χ4n) is 5.17. The maximum absolute atomic E-state index is 6.14. The lowest BCUT2D eigenvalue weighted by Gasteiger charge is -2.28. The molecule has 30 heavy (non-hydrogen) atoms. The molecule has 0 bridgehead atoms. The number of nitrogens with zero attached hydrogens (tertiary/aromatic N) is 2. The van der Waals surface area contributed by atoms with Gasteiger partial charge in [-0.2, -0.15) is 0 Å². The third-order valence-electron chi connectivity index (χ3n) is 6.57. The van der Waals surface area contributed by atoms with Gasteiger partial charge in [-0.1, -0.05) is 42.5 Å². The number of aromatic nitrogens is 1. The first-order valence-electron chi connectivity index (χ1n) is 10.8. The Balaban J connectivity index is 1.42. The van der Waals surface area contributed by atoms with Crippen molar-refractivity contribution in [2.24, 2.45) is 0 Å². The van der Waals surface area contributed by atoms with Gasteiger partial charge in [0.1, 0.15) is 11.5 Å². The molecule has 3 heteroatoms. The highest BCUT2D eigenvalue weighted by Crippen LogP contribution is 2.41. The highest BCUT2D eigenvalue weighted by molar-refractivity contribution is 5.96. The van der Waals surface area contributed by atoms with Crippen LogP contribution in [0.25, 0.3) is 10.9 Å². The number of rotatable bonds is 3. The summed E-state index contributed by atoms with van der Waals surface area (Å²) in [5.74, 6) is 1.72. The predicted octanol–water partition coefficient (Wildman–Crippen LogP) is 5.87. The van der Waals surface area contributed by atoms with Crippen molar-refractivity contribution in [2.45, 2.75) is 32.2 Å². The molecule has 0 fully saturated rings. The van der Waals surface area contributed by atoms with Crippen molar-refractivity contribution in [2.75, 3.05) is 11.4 Å². The van der Waals surface area contributed by atoms with E-state index in [1.54, 1.807) is 0 Å². The van der Waals surface area contributed by atoms with Gasteiger partial charge in [0, 0.05) is 23.7 Å². The van der Waals surface area contributed by atoms with E-state index in [9.17, 15) is 0 Å². The van der Waals surface area contributed by atoms with Crippen LogP contribution in [0, 0.1) is 6.92 Å². The van der Waals surface area contributed by atoms with Gasteiger partial charge in [-0.3, -0.25) is 4.98 Å². The molecule has 0 spiro atoms. The largest absolute Gasteiger partial charge is 0.457 e. The summed E-state index contributed by atoms with van der Waals surface area (Å²) in [5.41, 5.74) is 7.98. The van der Waals surface area contributed by atoms with Crippen molar-refractivity contribution in [1.82, 2.24) is 4.98 Å². The van der Waals surface area contributed by atoms with E-state index in [1.165, 1.54) is 27.8 Å². The van der Waals surface area contributed by atoms with Crippen LogP contribution in [-0.4, -0.2) is 17.6 Å². The van der Waals surface area contributed by atoms with Crippen LogP contribution in [-0.2, 0) is 19.3 Å². The van der Waals surface area contributed by atoms with E-state index in [1.807, 2.05) is 36.4 Å². The summed E-state index contributed by atoms with van der Waals surface area (Å²) in [6, 6.07) is 25.7. The molecule has 0 saturated carbocycles. The van der Waals surface area contributed by atoms with Crippen LogP contribution in [0.1, 0.15) is 22.4 Å². The molecule has 6 rings (SSSR count). The molecule has 148 valence electrons. The Hall–Kier alpha value is -3.33. The van der Waals surface area contributed by atoms with E-state index in [4.69, 9.17) is 9.72 Å². The van der Waals surface area contributed by atoms with Crippen molar-refractivity contribution < 1.29 is 4.74 Å². The van der Waals surface area contributed by atoms with E-state index >= 15 is 0 Å². The molecule has 1 aliphatic carbocycles. The second-order valence-electron chi connectivity index (χ2n) is 8.39. The highest BCUT2D eigenvalue weighted by Gasteiger charge is 2.33. The number of hydrogen-bond acceptors (Lipinski definition) is 3. The van der Waals surface area contributed by atoms with Crippen LogP contribution in [0.2, 0.25) is 0 Å². The summed E-state index contributed by atoms with van der Waals surface area (Å²) in [6.45, 7) is 3.22. The Bertz CT molecular complexity index is 1220. The monoisotopic (exact) mass is 392 g/mol. The SMILES string of the molecule is Cc1nc2ccc(Oc3ccccc3)cc2c2c1CCN2C1Cc2ccccc2C1. The average Bonchev–Trinajstić information content (AvgIpc) is 3.40. The lowest BCUT2D eigenvalue weighted by molar-refractivity contribution is 0.483. The molecule has 1 aliphatic heterocycles. The van der Waals surface area contributed by atoms with Gasteiger partial charge in [0.05, 0.1) is 11.2 Å². The van der Waals surface area contributed by atoms with Crippen LogP contribution in [0.5, 0.6) is 11.5 Å². The molecule has 0 unspecified atom stereocenters. The zero-order valence-electron chi connectivity index (χ0n) is 17.1. The zero-order valence-corrected chi connectivity index (χ0v) is 17.1. The quantitative estimate of drug-likeness (QED) is 0.436. The van der Waals surface area contributed by atoms with Gasteiger partial charge < -0.3 is 9.64 Å². The molecule has 3 aromatic carbocycles. The number of aryl methyl sites for hydroxylation is 1. The van der Waals surface area contributed by atoms with E-state index in [2.05, 4.69) is 48.2 Å². The van der Waals surface area contributed by atoms with E-state index < -0.39 is 0 Å². The standard InChI is InChI=1S/C27H24N2O/c1-18-24-13-14-29(21-15-19-7-5-6-8-20(19)16-21)27(24)25-17-23(11-12-26(25)28-18)30-22-9-3-2-4-10-22/h2-12,17,21H,13-16H2,1H3. The fourth-order valence-corrected chi connectivity index (χ4v) is 5.17. The number of anilines is 1. The first-order chi connectivity index (χ1) is 14.8. The molecule has 4 aromatic rings. The third kappa shape index (κ3) is 2.85. The maximum Gasteiger partial charge on any atom is 0.128 e. The summed E-state index contributed by atoms with van der Waals surface area (Å²) in [4.78, 5) is 7.55. The molecule has 2 aliphatic rings. The van der Waals surface area contributed by atoms with Crippen molar-refractivity contribution in [3.8, 4) is 11.5 Å². The minimum absolute atomic E-state index is 0.521. The second-order valence-corrected chi connectivity index (χ2v) is 8.39. The lowest BCUT2D eigenvalue weighted by Crippen LogP contribution is -2.34. The molecular formula is C27H24N2O. The average molecular weight is 393 g/mol. The van der Waals surface area contributed by atoms with Crippen molar-refractivity contribution in [3.05, 3.63) is 95.2 Å². The summed E-state index contributed by atoms with van der Waals surface area (Å²) < 4.78 is 6.14. The number of para-hydroxylation sites is 1. The summed E-state index contributed by atoms with van der Waals surface area (Å²) in [5, 5.41) is 1.21. The van der Waals surface area contributed by atoms with Gasteiger partial charge in [-0.25, -0.2) is 0 Å². The first-order valence-corrected chi connectivity index (χ1v) is 10.8. The Morgan fingerprint density at radius 2 is 1.60 bits per heavy atom. The predicted molar refractivity (Wildman–Crippen MR) is 122 cm³/mol. The van der Waals surface area contributed by atoms with Crippen molar-refractivity contribution in [1.29, 1.82) is 0 Å². The van der Waals surface area contributed by atoms with Gasteiger partial charge in [-0.15, -0.1) is 0 Å². The third-order valence-corrected chi connectivity index (χ3v) is 6.57. The minimum atomic E-state index is 0.521. The molecular weight excluding hydrogens is 368 g/mol. The molecule has 1 aromatic heterocycles. The maximum atomic E-state index is 6.14. The first kappa shape index (κ1) is 17.5. The van der Waals surface area contributed by atoms with Crippen molar-refractivity contribution in [3.63, 3.8) is 0 Å². The Morgan fingerprint density at radius 1 is 0.867 bits per heavy atom. The fraction of sp³-hybridized carbons (Fsp3) is 0.222. The Morgan fingerprint density at radius 3 is 2.37 bits per heavy atom. The normalized spacial score (nSPS) is 15.4. The van der Waals surface area contributed by atoms with E-state index in [0.29, 0.717) is 6.04 Å². The topological polar surface area (TPSA) is 25.4 Å². The van der Waals surface area contributed by atoms with Gasteiger partial charge >= 0.3 is 0 Å². The summed E-state index contributed by atoms with van der Waals surface area (Å²) in [7, 11) is 0. The number of fused-ring (bicyclic) bond motifs is 4. The van der Waals surface area contributed by atoms with E-state index in [-0.39, 0.29) is 0 Å². The summed E-state index contributed by atoms with van der Waals surface area (Å²) in [6.07, 6.45) is 3.32. The molecule has 0 saturated heterocycles. The molecule has 0 N–H and O–H groups in total. The van der Waals surface area contributed by atoms with Gasteiger partial charge in [-0.05, 0) is 73.2 Å². The molecule has 3 nitrogen and oxygen atoms in total. The van der Waals surface area contributed by atoms with Crippen molar-refractivity contribution >= 4 is 16.6 Å². The second kappa shape index (κ2) is 6.88. The van der Waals surface area contributed by atoms with Crippen LogP contribution in [0.15, 0.2) is 72.8 Å². The number of ether oxygens (including phenoxy) is 1. The van der Waals surface area contributed by atoms with Gasteiger partial charge in [0.15, 0.2) is 0 Å². The van der Waals surface area contributed by atoms with Crippen LogP contribution < -0.4 is 9.64 Å². The lowest BCUT2D eigenvalue weighted by atomic mass is 10.0. The Labute approximate surface area is 176 Å². The number of pyridine rings is 1. The smallest absolute Gasteiger partial charge is 0.128 e. The summed E-state index contributed by atoms with van der Waals surface area (Å²) >= 11 is 0. The molecule has 0 atom stereocenters. The highest BCUT2D eigenvalue weighted by atomic mass is 16.5. The molecule has 0 radical (unpaired) electrons. The Kier molecular flexibility index (Phi) is 4.02. The number of hydrogen-bond donors (Lipinski definition) is 0. The van der Waals surface area contributed by atoms with Gasteiger partial charge in [0.25, 0.3) is 0 Å².